The van der Waals surface area contributed by atoms with Crippen LogP contribution in [0.2, 0.25) is 0 Å². The minimum atomic E-state index is -0.207. The van der Waals surface area contributed by atoms with Gasteiger partial charge in [0.15, 0.2) is 0 Å². The predicted octanol–water partition coefficient (Wildman–Crippen LogP) is 4.35. The topological polar surface area (TPSA) is 92.0 Å². The van der Waals surface area contributed by atoms with Crippen LogP contribution in [-0.4, -0.2) is 52.7 Å². The van der Waals surface area contributed by atoms with Gasteiger partial charge in [-0.15, -0.1) is 0 Å². The van der Waals surface area contributed by atoms with Crippen LogP contribution in [0.25, 0.3) is 0 Å². The Morgan fingerprint density at radius 2 is 2.09 bits per heavy atom. The Morgan fingerprint density at radius 3 is 2.69 bits per heavy atom. The third kappa shape index (κ3) is 6.99. The number of aliphatic imine (C=N–C) groups is 2. The molecule has 190 valence electrons. The van der Waals surface area contributed by atoms with Crippen molar-refractivity contribution < 1.29 is 4.74 Å². The number of anilines is 2. The molecule has 0 bridgehead atoms. The molecule has 35 heavy (non-hydrogen) atoms. The largest absolute Gasteiger partial charge is 0.375 e. The molecule has 2 aromatic rings. The fourth-order valence-electron chi connectivity index (χ4n) is 4.19. The normalized spacial score (nSPS) is 19.3. The lowest BCUT2D eigenvalue weighted by molar-refractivity contribution is -0.0197. The van der Waals surface area contributed by atoms with Gasteiger partial charge in [-0.05, 0) is 72.0 Å². The number of guanidine groups is 1. The maximum Gasteiger partial charge on any atom is 0.228 e. The molecule has 1 aliphatic rings. The van der Waals surface area contributed by atoms with Crippen molar-refractivity contribution in [2.75, 3.05) is 23.9 Å². The van der Waals surface area contributed by atoms with Crippen LogP contribution in [0.1, 0.15) is 53.2 Å². The second-order valence-corrected chi connectivity index (χ2v) is 9.93. The van der Waals surface area contributed by atoms with E-state index in [1.807, 2.05) is 38.5 Å². The molecule has 2 aromatic heterocycles. The molecular formula is C26H40N8O. The van der Waals surface area contributed by atoms with Gasteiger partial charge in [0.05, 0.1) is 29.8 Å². The van der Waals surface area contributed by atoms with Gasteiger partial charge in [0, 0.05) is 31.7 Å². The zero-order valence-corrected chi connectivity index (χ0v) is 22.2. The SMILES string of the molecule is C=N/C(=N\C1=C(C)C(COC(C)(C)C)CC(CC)N1c1cccc(CNC)n1)Nc1cnn(C)c1. The summed E-state index contributed by atoms with van der Waals surface area (Å²) in [6.07, 6.45) is 5.52. The van der Waals surface area contributed by atoms with Gasteiger partial charge in [-0.1, -0.05) is 13.0 Å². The number of ether oxygens (including phenoxy) is 1. The number of rotatable bonds is 8. The summed E-state index contributed by atoms with van der Waals surface area (Å²) in [7, 11) is 3.80. The van der Waals surface area contributed by atoms with Gasteiger partial charge in [-0.2, -0.15) is 10.1 Å². The highest BCUT2D eigenvalue weighted by atomic mass is 16.5. The van der Waals surface area contributed by atoms with Crippen molar-refractivity contribution in [3.8, 4) is 0 Å². The lowest BCUT2D eigenvalue weighted by Crippen LogP contribution is -2.43. The molecule has 0 fully saturated rings. The molecule has 0 saturated heterocycles. The maximum atomic E-state index is 6.21. The van der Waals surface area contributed by atoms with E-state index in [9.17, 15) is 0 Å². The summed E-state index contributed by atoms with van der Waals surface area (Å²) in [5.41, 5.74) is 2.72. The Morgan fingerprint density at radius 1 is 1.31 bits per heavy atom. The number of hydrogen-bond acceptors (Lipinski definition) is 6. The highest BCUT2D eigenvalue weighted by molar-refractivity contribution is 5.97. The Kier molecular flexibility index (Phi) is 8.80. The molecule has 0 saturated carbocycles. The van der Waals surface area contributed by atoms with Crippen LogP contribution in [0.3, 0.4) is 0 Å². The Bertz CT molecular complexity index is 1070. The van der Waals surface area contributed by atoms with Crippen molar-refractivity contribution in [1.82, 2.24) is 20.1 Å². The van der Waals surface area contributed by atoms with E-state index in [4.69, 9.17) is 14.7 Å². The number of aryl methyl sites for hydroxylation is 1. The fourth-order valence-corrected chi connectivity index (χ4v) is 4.19. The van der Waals surface area contributed by atoms with Crippen LogP contribution in [0.4, 0.5) is 11.5 Å². The van der Waals surface area contributed by atoms with Gasteiger partial charge in [-0.3, -0.25) is 4.68 Å². The zero-order valence-electron chi connectivity index (χ0n) is 22.2. The van der Waals surface area contributed by atoms with E-state index in [1.165, 1.54) is 0 Å². The number of aromatic nitrogens is 3. The Labute approximate surface area is 209 Å². The number of hydrogen-bond donors (Lipinski definition) is 2. The van der Waals surface area contributed by atoms with Gasteiger partial charge in [0.25, 0.3) is 0 Å². The average Bonchev–Trinajstić information content (AvgIpc) is 3.23. The van der Waals surface area contributed by atoms with Crippen molar-refractivity contribution in [3.63, 3.8) is 0 Å². The average molecular weight is 481 g/mol. The van der Waals surface area contributed by atoms with Gasteiger partial charge < -0.3 is 20.3 Å². The lowest BCUT2D eigenvalue weighted by Gasteiger charge is -2.41. The molecule has 0 aliphatic carbocycles. The smallest absolute Gasteiger partial charge is 0.228 e. The number of nitrogens with zero attached hydrogens (tertiary/aromatic N) is 6. The first-order valence-corrected chi connectivity index (χ1v) is 12.2. The minimum absolute atomic E-state index is 0.207. The van der Waals surface area contributed by atoms with E-state index < -0.39 is 0 Å². The molecule has 1 aliphatic heterocycles. The van der Waals surface area contributed by atoms with Gasteiger partial charge in [0.2, 0.25) is 5.96 Å². The first-order valence-electron chi connectivity index (χ1n) is 12.2. The third-order valence-electron chi connectivity index (χ3n) is 6.02. The molecule has 2 unspecified atom stereocenters. The molecule has 0 aromatic carbocycles. The van der Waals surface area contributed by atoms with Crippen molar-refractivity contribution >= 4 is 24.2 Å². The molecule has 2 N–H and O–H groups in total. The molecule has 0 amide bonds. The summed E-state index contributed by atoms with van der Waals surface area (Å²) in [6, 6.07) is 6.35. The number of nitrogens with one attached hydrogen (secondary N) is 2. The van der Waals surface area contributed by atoms with Crippen LogP contribution >= 0.6 is 0 Å². The van der Waals surface area contributed by atoms with Crippen molar-refractivity contribution in [2.24, 2.45) is 23.0 Å². The van der Waals surface area contributed by atoms with Gasteiger partial charge in [0.1, 0.15) is 11.6 Å². The van der Waals surface area contributed by atoms with E-state index in [0.29, 0.717) is 19.1 Å². The summed E-state index contributed by atoms with van der Waals surface area (Å²) in [4.78, 5) is 16.4. The Hall–Kier alpha value is -3.04. The second-order valence-electron chi connectivity index (χ2n) is 9.93. The summed E-state index contributed by atoms with van der Waals surface area (Å²) in [5, 5.41) is 10.7. The number of pyridine rings is 1. The van der Waals surface area contributed by atoms with Gasteiger partial charge in [-0.25, -0.2) is 9.98 Å². The summed E-state index contributed by atoms with van der Waals surface area (Å²) in [6.45, 7) is 15.7. The molecule has 2 atom stereocenters. The van der Waals surface area contributed by atoms with Crippen LogP contribution < -0.4 is 15.5 Å². The van der Waals surface area contributed by atoms with Crippen molar-refractivity contribution in [2.45, 2.75) is 65.6 Å². The van der Waals surface area contributed by atoms with Crippen LogP contribution in [0, 0.1) is 5.92 Å². The molecule has 3 rings (SSSR count). The maximum absolute atomic E-state index is 6.21. The van der Waals surface area contributed by atoms with Gasteiger partial charge >= 0.3 is 0 Å². The van der Waals surface area contributed by atoms with Crippen molar-refractivity contribution in [3.05, 3.63) is 47.7 Å². The van der Waals surface area contributed by atoms with Crippen LogP contribution in [-0.2, 0) is 18.3 Å². The van der Waals surface area contributed by atoms with E-state index >= 15 is 0 Å². The molecule has 3 heterocycles. The van der Waals surface area contributed by atoms with E-state index in [2.05, 4.69) is 67.0 Å². The summed E-state index contributed by atoms with van der Waals surface area (Å²) < 4.78 is 7.94. The van der Waals surface area contributed by atoms with Crippen LogP contribution in [0.15, 0.2) is 52.0 Å². The lowest BCUT2D eigenvalue weighted by atomic mass is 9.87. The summed E-state index contributed by atoms with van der Waals surface area (Å²) in [5.74, 6) is 2.36. The van der Waals surface area contributed by atoms with E-state index in [1.54, 1.807) is 10.9 Å². The molecule has 0 spiro atoms. The minimum Gasteiger partial charge on any atom is -0.375 e. The highest BCUT2D eigenvalue weighted by Gasteiger charge is 2.35. The quantitative estimate of drug-likeness (QED) is 0.431. The van der Waals surface area contributed by atoms with Crippen molar-refractivity contribution in [1.29, 1.82) is 0 Å². The first-order chi connectivity index (χ1) is 16.6. The molecular weight excluding hydrogens is 440 g/mol. The molecule has 9 nitrogen and oxygen atoms in total. The zero-order chi connectivity index (χ0) is 25.6. The standard InChI is InChI=1S/C26H40N8O/c1-9-22-13-19(17-35-26(3,4)5)18(2)24(32-25(28-7)31-21-15-29-33(8)16-21)34(22)23-12-10-11-20(30-23)14-27-6/h10-12,15-16,19,22,27H,7,9,13-14,17H2,1-6,8H3,(H,31,32). The van der Waals surface area contributed by atoms with E-state index in [-0.39, 0.29) is 17.6 Å². The second kappa shape index (κ2) is 11.6. The molecule has 0 radical (unpaired) electrons. The fraction of sp³-hybridized carbons (Fsp3) is 0.538. The van der Waals surface area contributed by atoms with Crippen LogP contribution in [0.5, 0.6) is 0 Å². The van der Waals surface area contributed by atoms with E-state index in [0.717, 1.165) is 41.4 Å². The summed E-state index contributed by atoms with van der Waals surface area (Å²) >= 11 is 0. The Balaban J connectivity index is 2.08. The predicted molar refractivity (Wildman–Crippen MR) is 144 cm³/mol. The third-order valence-corrected chi connectivity index (χ3v) is 6.02. The monoisotopic (exact) mass is 480 g/mol. The highest BCUT2D eigenvalue weighted by Crippen LogP contribution is 2.37. The molecule has 9 heteroatoms. The first kappa shape index (κ1) is 26.6.